The van der Waals surface area contributed by atoms with E-state index in [1.165, 1.54) is 13.2 Å². The van der Waals surface area contributed by atoms with Crippen LogP contribution in [-0.4, -0.2) is 51.6 Å². The van der Waals surface area contributed by atoms with Crippen molar-refractivity contribution in [3.05, 3.63) is 24.8 Å². The Morgan fingerprint density at radius 3 is 2.79 bits per heavy atom. The molecule has 1 saturated heterocycles. The third kappa shape index (κ3) is 11.1. The lowest BCUT2D eigenvalue weighted by Gasteiger charge is -1.98. The van der Waals surface area contributed by atoms with E-state index in [4.69, 9.17) is 9.47 Å². The molecule has 0 aliphatic carbocycles. The van der Waals surface area contributed by atoms with E-state index in [-0.39, 0.29) is 6.54 Å². The molecule has 1 atom stereocenters. The number of nitrogens with zero attached hydrogens (tertiary/aromatic N) is 1. The highest BCUT2D eigenvalue weighted by Crippen LogP contribution is 2.07. The van der Waals surface area contributed by atoms with E-state index in [1.54, 1.807) is 6.08 Å². The number of methoxy groups -OCH3 is 1. The Hall–Kier alpha value is -1.75. The summed E-state index contributed by atoms with van der Waals surface area (Å²) >= 11 is 0. The van der Waals surface area contributed by atoms with Crippen LogP contribution in [0.2, 0.25) is 0 Å². The lowest BCUT2D eigenvalue weighted by Crippen LogP contribution is -2.04. The smallest absolute Gasteiger partial charge is 0.333 e. The van der Waals surface area contributed by atoms with Crippen molar-refractivity contribution in [1.82, 2.24) is 0 Å². The average molecular weight is 269 g/mol. The fourth-order valence-electron chi connectivity index (χ4n) is 0.930. The molecule has 19 heavy (non-hydrogen) atoms. The van der Waals surface area contributed by atoms with Crippen molar-refractivity contribution < 1.29 is 23.8 Å². The molecule has 0 spiro atoms. The van der Waals surface area contributed by atoms with Gasteiger partial charge >= 0.3 is 5.97 Å². The van der Waals surface area contributed by atoms with E-state index in [2.05, 4.69) is 22.9 Å². The zero-order valence-electron chi connectivity index (χ0n) is 11.1. The van der Waals surface area contributed by atoms with Crippen LogP contribution in [0.3, 0.4) is 0 Å². The van der Waals surface area contributed by atoms with Crippen molar-refractivity contribution in [1.29, 1.82) is 0 Å². The lowest BCUT2D eigenvalue weighted by atomic mass is 10.2. The number of epoxide rings is 1. The highest BCUT2D eigenvalue weighted by molar-refractivity contribution is 5.87. The second-order valence-electron chi connectivity index (χ2n) is 3.60. The Kier molecular flexibility index (Phi) is 10.3. The molecule has 0 amide bonds. The zero-order valence-corrected chi connectivity index (χ0v) is 11.1. The summed E-state index contributed by atoms with van der Waals surface area (Å²) in [7, 11) is 1.27. The fourth-order valence-corrected chi connectivity index (χ4v) is 0.930. The maximum absolute atomic E-state index is 10.6. The van der Waals surface area contributed by atoms with Crippen molar-refractivity contribution >= 4 is 12.0 Å². The molecule has 0 saturated carbocycles. The number of esters is 1. The molecule has 1 aliphatic rings. The largest absolute Gasteiger partial charge is 0.466 e. The molecule has 6 nitrogen and oxygen atoms in total. The molecular formula is C13H19NO5. The van der Waals surface area contributed by atoms with Gasteiger partial charge in [-0.1, -0.05) is 12.7 Å². The molecule has 0 bridgehead atoms. The molecule has 1 rings (SSSR count). The molecule has 0 aromatic heterocycles. The first-order valence-electron chi connectivity index (χ1n) is 5.75. The molecule has 106 valence electrons. The summed E-state index contributed by atoms with van der Waals surface area (Å²) in [6.45, 7) is 9.42. The van der Waals surface area contributed by atoms with Crippen LogP contribution in [0.5, 0.6) is 0 Å². The van der Waals surface area contributed by atoms with E-state index >= 15 is 0 Å². The Balaban J connectivity index is 0.000000356. The molecule has 0 N–H and O–H groups in total. The van der Waals surface area contributed by atoms with Crippen LogP contribution in [0.1, 0.15) is 6.42 Å². The molecule has 0 aromatic rings. The van der Waals surface area contributed by atoms with Gasteiger partial charge in [0, 0.05) is 5.57 Å². The second-order valence-corrected chi connectivity index (χ2v) is 3.60. The van der Waals surface area contributed by atoms with E-state index < -0.39 is 5.97 Å². The van der Waals surface area contributed by atoms with Crippen LogP contribution in [0.15, 0.2) is 29.8 Å². The van der Waals surface area contributed by atoms with Crippen molar-refractivity contribution in [3.63, 3.8) is 0 Å². The van der Waals surface area contributed by atoms with Gasteiger partial charge in [-0.25, -0.2) is 14.6 Å². The van der Waals surface area contributed by atoms with Gasteiger partial charge in [-0.05, 0) is 6.42 Å². The minimum absolute atomic E-state index is 0.234. The molecule has 0 aromatic carbocycles. The lowest BCUT2D eigenvalue weighted by molar-refractivity contribution is -0.136. The maximum Gasteiger partial charge on any atom is 0.333 e. The summed E-state index contributed by atoms with van der Waals surface area (Å²) in [4.78, 5) is 23.5. The number of rotatable bonds is 8. The maximum atomic E-state index is 10.6. The molecular weight excluding hydrogens is 250 g/mol. The summed E-state index contributed by atoms with van der Waals surface area (Å²) in [5.41, 5.74) is 0.312. The van der Waals surface area contributed by atoms with Gasteiger partial charge in [0.2, 0.25) is 6.08 Å². The number of carbonyl (C=O) groups excluding carboxylic acids is 2. The van der Waals surface area contributed by atoms with Crippen molar-refractivity contribution in [2.24, 2.45) is 4.99 Å². The normalized spacial score (nSPS) is 15.3. The standard InChI is InChI=1S/C7H9NO3.C6H10O2/c1-6(7(10)11-2)3-4-8-5-9;1-2-3-7-4-6-5-8-6/h1,3-4H2,2H3;2,6H,1,3-5H2. The second kappa shape index (κ2) is 11.3. The number of carbonyl (C=O) groups is 1. The molecule has 1 heterocycles. The van der Waals surface area contributed by atoms with Crippen LogP contribution < -0.4 is 0 Å². The van der Waals surface area contributed by atoms with Crippen LogP contribution in [-0.2, 0) is 23.8 Å². The van der Waals surface area contributed by atoms with Gasteiger partial charge in [0.05, 0.1) is 33.5 Å². The van der Waals surface area contributed by atoms with Crippen molar-refractivity contribution in [2.45, 2.75) is 12.5 Å². The van der Waals surface area contributed by atoms with Gasteiger partial charge in [0.25, 0.3) is 0 Å². The predicted octanol–water partition coefficient (Wildman–Crippen LogP) is 1.03. The molecule has 1 unspecified atom stereocenters. The third-order valence-electron chi connectivity index (χ3n) is 2.01. The number of hydrogen-bond acceptors (Lipinski definition) is 6. The summed E-state index contributed by atoms with van der Waals surface area (Å²) in [5, 5.41) is 0. The predicted molar refractivity (Wildman–Crippen MR) is 69.5 cm³/mol. The molecule has 0 radical (unpaired) electrons. The molecule has 1 aliphatic heterocycles. The Morgan fingerprint density at radius 1 is 1.63 bits per heavy atom. The first-order valence-corrected chi connectivity index (χ1v) is 5.75. The summed E-state index contributed by atoms with van der Waals surface area (Å²) < 4.78 is 14.3. The average Bonchev–Trinajstić information content (AvgIpc) is 3.23. The van der Waals surface area contributed by atoms with Crippen molar-refractivity contribution in [3.8, 4) is 0 Å². The quantitative estimate of drug-likeness (QED) is 0.125. The van der Waals surface area contributed by atoms with Crippen molar-refractivity contribution in [2.75, 3.05) is 33.5 Å². The van der Waals surface area contributed by atoms with Gasteiger partial charge < -0.3 is 14.2 Å². The minimum Gasteiger partial charge on any atom is -0.466 e. The first kappa shape index (κ1) is 17.2. The van der Waals surface area contributed by atoms with Gasteiger partial charge in [-0.3, -0.25) is 0 Å². The first-order chi connectivity index (χ1) is 9.15. The number of aliphatic imine (C=N–C) groups is 1. The molecule has 6 heteroatoms. The van der Waals surface area contributed by atoms with Gasteiger partial charge in [0.1, 0.15) is 6.10 Å². The third-order valence-corrected chi connectivity index (χ3v) is 2.01. The van der Waals surface area contributed by atoms with Gasteiger partial charge in [0.15, 0.2) is 0 Å². The topological polar surface area (TPSA) is 77.5 Å². The summed E-state index contributed by atoms with van der Waals surface area (Å²) in [6.07, 6.45) is 3.82. The van der Waals surface area contributed by atoms with E-state index in [0.29, 0.717) is 24.7 Å². The van der Waals surface area contributed by atoms with Crippen LogP contribution in [0.4, 0.5) is 0 Å². The summed E-state index contributed by atoms with van der Waals surface area (Å²) in [6, 6.07) is 0. The number of isocyanates is 1. The Labute approximate surface area is 112 Å². The zero-order chi connectivity index (χ0) is 14.5. The SMILES string of the molecule is C=C(CCN=C=O)C(=O)OC.C=CCOCC1CO1. The van der Waals surface area contributed by atoms with E-state index in [0.717, 1.165) is 13.2 Å². The van der Waals surface area contributed by atoms with Crippen LogP contribution in [0.25, 0.3) is 0 Å². The summed E-state index contributed by atoms with van der Waals surface area (Å²) in [5.74, 6) is -0.467. The van der Waals surface area contributed by atoms with Crippen LogP contribution in [0, 0.1) is 0 Å². The Morgan fingerprint density at radius 2 is 2.32 bits per heavy atom. The molecule has 1 fully saturated rings. The van der Waals surface area contributed by atoms with E-state index in [9.17, 15) is 9.59 Å². The minimum atomic E-state index is -0.467. The fraction of sp³-hybridized carbons (Fsp3) is 0.538. The monoisotopic (exact) mass is 269 g/mol. The highest BCUT2D eigenvalue weighted by atomic mass is 16.6. The number of hydrogen-bond donors (Lipinski definition) is 0. The highest BCUT2D eigenvalue weighted by Gasteiger charge is 2.21. The Bertz CT molecular complexity index is 343. The van der Waals surface area contributed by atoms with E-state index in [1.807, 2.05) is 0 Å². The van der Waals surface area contributed by atoms with Gasteiger partial charge in [-0.15, -0.1) is 6.58 Å². The van der Waals surface area contributed by atoms with Gasteiger partial charge in [-0.2, -0.15) is 0 Å². The van der Waals surface area contributed by atoms with Crippen LogP contribution >= 0.6 is 0 Å². The number of ether oxygens (including phenoxy) is 3.